The van der Waals surface area contributed by atoms with E-state index in [1.807, 2.05) is 0 Å². The van der Waals surface area contributed by atoms with E-state index in [1.165, 1.54) is 120 Å². The number of hydrogen-bond acceptors (Lipinski definition) is 0. The van der Waals surface area contributed by atoms with Gasteiger partial charge in [-0.3, -0.25) is 0 Å². The van der Waals surface area contributed by atoms with E-state index in [2.05, 4.69) is 172 Å². The molecule has 0 heterocycles. The Bertz CT molecular complexity index is 3140. The number of rotatable bonds is 5. The maximum Gasteiger partial charge on any atom is -0.000719 e. The zero-order valence-electron chi connectivity index (χ0n) is 29.4. The highest BCUT2D eigenvalue weighted by Crippen LogP contribution is 2.55. The summed E-state index contributed by atoms with van der Waals surface area (Å²) in [7, 11) is 0. The molecule has 0 aliphatic heterocycles. The van der Waals surface area contributed by atoms with Crippen LogP contribution in [0.3, 0.4) is 0 Å². The first-order valence-electron chi connectivity index (χ1n) is 18.7. The van der Waals surface area contributed by atoms with Crippen LogP contribution in [0.2, 0.25) is 0 Å². The monoisotopic (exact) mass is 660 g/mol. The molecule has 0 saturated heterocycles. The van der Waals surface area contributed by atoms with Crippen molar-refractivity contribution < 1.29 is 0 Å². The zero-order chi connectivity index (χ0) is 34.5. The van der Waals surface area contributed by atoms with E-state index in [0.29, 0.717) is 0 Å². The zero-order valence-corrected chi connectivity index (χ0v) is 29.4. The van der Waals surface area contributed by atoms with Crippen LogP contribution in [-0.4, -0.2) is 0 Å². The average Bonchev–Trinajstić information content (AvgIpc) is 3.72. The summed E-state index contributed by atoms with van der Waals surface area (Å²) in [5.74, 6) is 0. The van der Waals surface area contributed by atoms with E-state index in [4.69, 9.17) is 0 Å². The van der Waals surface area contributed by atoms with E-state index >= 15 is 0 Å². The van der Waals surface area contributed by atoms with E-state index in [0.717, 1.165) is 12.8 Å². The van der Waals surface area contributed by atoms with Crippen LogP contribution in [0.25, 0.3) is 109 Å². The van der Waals surface area contributed by atoms with Crippen LogP contribution in [0, 0.1) is 0 Å². The molecule has 0 unspecified atom stereocenters. The fourth-order valence-electron chi connectivity index (χ4n) is 9.82. The van der Waals surface area contributed by atoms with Gasteiger partial charge in [0.1, 0.15) is 0 Å². The normalized spacial score (nSPS) is 12.2. The van der Waals surface area contributed by atoms with Gasteiger partial charge in [-0.25, -0.2) is 0 Å². The Labute approximate surface area is 303 Å². The lowest BCUT2D eigenvalue weighted by atomic mass is 9.84. The Morgan fingerprint density at radius 1 is 0.288 bits per heavy atom. The van der Waals surface area contributed by atoms with Gasteiger partial charge in [-0.1, -0.05) is 166 Å². The molecule has 0 aliphatic rings. The highest BCUT2D eigenvalue weighted by molar-refractivity contribution is 6.45. The van der Waals surface area contributed by atoms with Crippen LogP contribution in [0.4, 0.5) is 0 Å². The quantitative estimate of drug-likeness (QED) is 0.161. The van der Waals surface area contributed by atoms with Gasteiger partial charge in [-0.2, -0.15) is 0 Å². The third kappa shape index (κ3) is 3.87. The minimum Gasteiger partial charge on any atom is -0.0622 e. The summed E-state index contributed by atoms with van der Waals surface area (Å²) in [6.07, 6.45) is 2.02. The van der Waals surface area contributed by atoms with Crippen molar-refractivity contribution in [2.45, 2.75) is 26.7 Å². The van der Waals surface area contributed by atoms with Gasteiger partial charge in [0.05, 0.1) is 0 Å². The molecular weight excluding hydrogens is 625 g/mol. The molecule has 0 N–H and O–H groups in total. The second-order valence-electron chi connectivity index (χ2n) is 14.4. The smallest absolute Gasteiger partial charge is 0.000719 e. The van der Waals surface area contributed by atoms with Crippen molar-refractivity contribution in [3.8, 4) is 33.4 Å². The predicted molar refractivity (Wildman–Crippen MR) is 226 cm³/mol. The molecule has 52 heavy (non-hydrogen) atoms. The van der Waals surface area contributed by atoms with Crippen molar-refractivity contribution >= 4 is 75.4 Å². The number of hydrogen-bond donors (Lipinski definition) is 0. The molecule has 0 amide bonds. The Hall–Kier alpha value is -6.24. The summed E-state index contributed by atoms with van der Waals surface area (Å²) in [4.78, 5) is 0. The molecule has 0 aromatic heterocycles. The number of benzene rings is 9. The molecule has 0 radical (unpaired) electrons. The van der Waals surface area contributed by atoms with Gasteiger partial charge >= 0.3 is 0 Å². The van der Waals surface area contributed by atoms with Crippen molar-refractivity contribution in [1.29, 1.82) is 0 Å². The van der Waals surface area contributed by atoms with Crippen LogP contribution in [0.5, 0.6) is 0 Å². The highest BCUT2D eigenvalue weighted by Gasteiger charge is 2.27. The minimum absolute atomic E-state index is 1.01. The predicted octanol–water partition coefficient (Wildman–Crippen LogP) is 14.8. The number of fused-ring (bicyclic) bond motifs is 8. The standard InChI is InChI=1S/C52H36/c1-3-31-20-13-21-32(4-2)45(31)39-28-29-42-48-38(39)25-15-27-41(48)51-46(33-16-7-5-8-17-33)44-30-43-36-23-12-11-22-35(36)37-24-14-26-40(49(37)43)50(44)47(52(42)51)34-18-9-6-10-19-34/h5-30H,3-4H2,1-2H3. The van der Waals surface area contributed by atoms with Gasteiger partial charge in [-0.05, 0) is 139 Å². The molecule has 11 aromatic carbocycles. The van der Waals surface area contributed by atoms with Gasteiger partial charge in [-0.15, -0.1) is 0 Å². The summed E-state index contributed by atoms with van der Waals surface area (Å²) in [6.45, 7) is 4.57. The second kappa shape index (κ2) is 11.1. The highest BCUT2D eigenvalue weighted by atomic mass is 14.3. The molecule has 11 rings (SSSR count). The summed E-state index contributed by atoms with van der Waals surface area (Å²) in [5.41, 5.74) is 10.8. The Balaban J connectivity index is 1.44. The topological polar surface area (TPSA) is 0 Å². The van der Waals surface area contributed by atoms with E-state index < -0.39 is 0 Å². The Morgan fingerprint density at radius 2 is 0.769 bits per heavy atom. The van der Waals surface area contributed by atoms with Gasteiger partial charge in [0.25, 0.3) is 0 Å². The number of aryl methyl sites for hydroxylation is 2. The van der Waals surface area contributed by atoms with Crippen molar-refractivity contribution in [2.24, 2.45) is 0 Å². The SMILES string of the molecule is CCc1cccc(CC)c1-c1ccc2c3c(-c4ccccc4)c4c(cc5c6ccccc6c6cccc4c65)c(-c4ccccc4)c3c3cccc1c32. The molecule has 244 valence electrons. The summed E-state index contributed by atoms with van der Waals surface area (Å²) < 4.78 is 0. The van der Waals surface area contributed by atoms with E-state index in [-0.39, 0.29) is 0 Å². The molecular formula is C52H36. The van der Waals surface area contributed by atoms with Crippen molar-refractivity contribution in [3.63, 3.8) is 0 Å². The Kier molecular flexibility index (Phi) is 6.31. The molecule has 0 nitrogen and oxygen atoms in total. The molecule has 11 aromatic rings. The van der Waals surface area contributed by atoms with Gasteiger partial charge in [0, 0.05) is 0 Å². The Morgan fingerprint density at radius 3 is 1.44 bits per heavy atom. The third-order valence-corrected chi connectivity index (χ3v) is 11.9. The molecule has 0 saturated carbocycles. The van der Waals surface area contributed by atoms with Gasteiger partial charge in [0.2, 0.25) is 0 Å². The fraction of sp³-hybridized carbons (Fsp3) is 0.0769. The van der Waals surface area contributed by atoms with Crippen LogP contribution in [0.15, 0.2) is 158 Å². The van der Waals surface area contributed by atoms with Crippen LogP contribution < -0.4 is 0 Å². The second-order valence-corrected chi connectivity index (χ2v) is 14.4. The van der Waals surface area contributed by atoms with Crippen LogP contribution in [-0.2, 0) is 12.8 Å². The summed E-state index contributed by atoms with van der Waals surface area (Å²) in [6, 6.07) is 59.6. The van der Waals surface area contributed by atoms with Gasteiger partial charge < -0.3 is 0 Å². The lowest BCUT2D eigenvalue weighted by Crippen LogP contribution is -1.95. The molecule has 0 heteroatoms. The van der Waals surface area contributed by atoms with E-state index in [9.17, 15) is 0 Å². The molecule has 0 spiro atoms. The van der Waals surface area contributed by atoms with Crippen molar-refractivity contribution in [2.75, 3.05) is 0 Å². The van der Waals surface area contributed by atoms with Crippen molar-refractivity contribution in [3.05, 3.63) is 169 Å². The van der Waals surface area contributed by atoms with Crippen molar-refractivity contribution in [1.82, 2.24) is 0 Å². The average molecular weight is 661 g/mol. The molecule has 0 aliphatic carbocycles. The fourth-order valence-corrected chi connectivity index (χ4v) is 9.82. The van der Waals surface area contributed by atoms with Crippen LogP contribution >= 0.6 is 0 Å². The first-order valence-corrected chi connectivity index (χ1v) is 18.7. The molecule has 0 atom stereocenters. The molecule has 0 bridgehead atoms. The molecule has 0 fully saturated rings. The maximum atomic E-state index is 2.53. The lowest BCUT2D eigenvalue weighted by molar-refractivity contribution is 1.09. The van der Waals surface area contributed by atoms with E-state index in [1.54, 1.807) is 0 Å². The first-order chi connectivity index (χ1) is 25.8. The summed E-state index contributed by atoms with van der Waals surface area (Å²) in [5, 5.41) is 18.8. The largest absolute Gasteiger partial charge is 0.0622 e. The maximum absolute atomic E-state index is 2.53. The lowest BCUT2D eigenvalue weighted by Gasteiger charge is -2.19. The minimum atomic E-state index is 1.01. The first kappa shape index (κ1) is 29.5. The van der Waals surface area contributed by atoms with Gasteiger partial charge in [0.15, 0.2) is 0 Å². The van der Waals surface area contributed by atoms with Crippen LogP contribution in [0.1, 0.15) is 25.0 Å². The third-order valence-electron chi connectivity index (χ3n) is 11.9. The summed E-state index contributed by atoms with van der Waals surface area (Å²) >= 11 is 0.